The average Bonchev–Trinajstić information content (AvgIpc) is 3.23. The van der Waals surface area contributed by atoms with E-state index in [0.29, 0.717) is 18.0 Å². The van der Waals surface area contributed by atoms with E-state index in [2.05, 4.69) is 64.2 Å². The Morgan fingerprint density at radius 1 is 1.33 bits per heavy atom. The summed E-state index contributed by atoms with van der Waals surface area (Å²) in [5.74, 6) is 1.42. The third kappa shape index (κ3) is 4.42. The summed E-state index contributed by atoms with van der Waals surface area (Å²) in [6, 6.07) is 12.0. The van der Waals surface area contributed by atoms with Gasteiger partial charge in [0.25, 0.3) is 0 Å². The zero-order valence-electron chi connectivity index (χ0n) is 15.0. The lowest BCUT2D eigenvalue weighted by molar-refractivity contribution is 0.194. The second-order valence-corrected chi connectivity index (χ2v) is 6.96. The van der Waals surface area contributed by atoms with Crippen molar-refractivity contribution < 1.29 is 4.52 Å². The van der Waals surface area contributed by atoms with Gasteiger partial charge in [-0.3, -0.25) is 9.80 Å². The highest BCUT2D eigenvalue weighted by molar-refractivity contribution is 5.14. The summed E-state index contributed by atoms with van der Waals surface area (Å²) >= 11 is 0. The molecule has 0 N–H and O–H groups in total. The van der Waals surface area contributed by atoms with Crippen LogP contribution < -0.4 is 0 Å². The minimum atomic E-state index is 0.572. The first-order valence-electron chi connectivity index (χ1n) is 8.89. The molecule has 0 radical (unpaired) electrons. The van der Waals surface area contributed by atoms with Crippen LogP contribution in [0.2, 0.25) is 0 Å². The Hall–Kier alpha value is -1.72. The second-order valence-electron chi connectivity index (χ2n) is 6.96. The highest BCUT2D eigenvalue weighted by Gasteiger charge is 2.28. The van der Waals surface area contributed by atoms with Gasteiger partial charge in [-0.05, 0) is 38.8 Å². The molecular weight excluding hydrogens is 300 g/mol. The minimum Gasteiger partial charge on any atom is -0.340 e. The maximum atomic E-state index is 5.06. The first-order valence-corrected chi connectivity index (χ1v) is 8.89. The third-order valence-corrected chi connectivity index (χ3v) is 5.10. The molecule has 130 valence electrons. The molecule has 0 aliphatic carbocycles. The number of benzene rings is 1. The van der Waals surface area contributed by atoms with Crippen molar-refractivity contribution in [2.45, 2.75) is 51.7 Å². The quantitative estimate of drug-likeness (QED) is 0.782. The number of hydrogen-bond acceptors (Lipinski definition) is 5. The smallest absolute Gasteiger partial charge is 0.223 e. The predicted molar refractivity (Wildman–Crippen MR) is 94.7 cm³/mol. The Morgan fingerprint density at radius 2 is 2.12 bits per heavy atom. The largest absolute Gasteiger partial charge is 0.340 e. The Bertz CT molecular complexity index is 627. The summed E-state index contributed by atoms with van der Waals surface area (Å²) in [7, 11) is 2.16. The molecule has 1 aromatic heterocycles. The fourth-order valence-electron chi connectivity index (χ4n) is 3.49. The van der Waals surface area contributed by atoms with Crippen LogP contribution in [-0.4, -0.2) is 52.2 Å². The fourth-order valence-corrected chi connectivity index (χ4v) is 3.49. The molecular formula is C19H28N4O. The zero-order chi connectivity index (χ0) is 16.9. The monoisotopic (exact) mass is 328 g/mol. The van der Waals surface area contributed by atoms with E-state index in [0.717, 1.165) is 25.3 Å². The number of likely N-dealkylation sites (N-methyl/N-ethyl adjacent to an activating group) is 1. The molecule has 2 atom stereocenters. The number of rotatable bonds is 7. The molecule has 0 amide bonds. The van der Waals surface area contributed by atoms with Gasteiger partial charge in [0, 0.05) is 32.1 Å². The van der Waals surface area contributed by atoms with Crippen molar-refractivity contribution in [3.8, 4) is 0 Å². The van der Waals surface area contributed by atoms with E-state index < -0.39 is 0 Å². The molecule has 0 saturated carbocycles. The highest BCUT2D eigenvalue weighted by Crippen LogP contribution is 2.20. The van der Waals surface area contributed by atoms with Crippen LogP contribution in [-0.2, 0) is 13.0 Å². The van der Waals surface area contributed by atoms with Crippen LogP contribution in [0.25, 0.3) is 0 Å². The van der Waals surface area contributed by atoms with Crippen LogP contribution in [0.15, 0.2) is 34.9 Å². The van der Waals surface area contributed by atoms with E-state index in [9.17, 15) is 0 Å². The highest BCUT2D eigenvalue weighted by atomic mass is 16.5. The molecule has 2 heterocycles. The van der Waals surface area contributed by atoms with Crippen molar-refractivity contribution in [2.24, 2.45) is 0 Å². The molecule has 0 spiro atoms. The number of likely N-dealkylation sites (tertiary alicyclic amines) is 1. The molecule has 3 rings (SSSR count). The Kier molecular flexibility index (Phi) is 5.63. The van der Waals surface area contributed by atoms with Crippen molar-refractivity contribution in [3.63, 3.8) is 0 Å². The second kappa shape index (κ2) is 7.90. The maximum Gasteiger partial charge on any atom is 0.223 e. The van der Waals surface area contributed by atoms with Gasteiger partial charge in [-0.15, -0.1) is 0 Å². The van der Waals surface area contributed by atoms with Crippen LogP contribution >= 0.6 is 0 Å². The van der Waals surface area contributed by atoms with E-state index in [1.165, 1.54) is 24.9 Å². The van der Waals surface area contributed by atoms with Crippen LogP contribution in [0, 0.1) is 6.92 Å². The van der Waals surface area contributed by atoms with Gasteiger partial charge >= 0.3 is 0 Å². The normalized spacial score (nSPS) is 19.9. The molecule has 5 nitrogen and oxygen atoms in total. The SMILES string of the molecule is Cc1nc(CN(C)[C@@H]2CCN([C@@H](C)CCc3ccccc3)C2)no1. The lowest BCUT2D eigenvalue weighted by atomic mass is 10.1. The molecule has 5 heteroatoms. The summed E-state index contributed by atoms with van der Waals surface area (Å²) in [6.07, 6.45) is 3.58. The van der Waals surface area contributed by atoms with Crippen molar-refractivity contribution in [3.05, 3.63) is 47.6 Å². The van der Waals surface area contributed by atoms with Gasteiger partial charge in [-0.2, -0.15) is 4.98 Å². The molecule has 24 heavy (non-hydrogen) atoms. The summed E-state index contributed by atoms with van der Waals surface area (Å²) in [5, 5.41) is 4.00. The van der Waals surface area contributed by atoms with E-state index in [-0.39, 0.29) is 0 Å². The Morgan fingerprint density at radius 3 is 2.83 bits per heavy atom. The van der Waals surface area contributed by atoms with Crippen LogP contribution in [0.4, 0.5) is 0 Å². The molecule has 2 aromatic rings. The van der Waals surface area contributed by atoms with Crippen molar-refractivity contribution in [1.82, 2.24) is 19.9 Å². The van der Waals surface area contributed by atoms with E-state index in [4.69, 9.17) is 4.52 Å². The summed E-state index contributed by atoms with van der Waals surface area (Å²) in [4.78, 5) is 9.28. The van der Waals surface area contributed by atoms with Gasteiger partial charge in [0.05, 0.1) is 6.54 Å². The predicted octanol–water partition coefficient (Wildman–Crippen LogP) is 2.91. The zero-order valence-corrected chi connectivity index (χ0v) is 15.0. The molecule has 1 aliphatic heterocycles. The minimum absolute atomic E-state index is 0.572. The lowest BCUT2D eigenvalue weighted by Crippen LogP contribution is -2.37. The average molecular weight is 328 g/mol. The van der Waals surface area contributed by atoms with Gasteiger partial charge in [0.2, 0.25) is 5.89 Å². The third-order valence-electron chi connectivity index (χ3n) is 5.10. The molecule has 0 bridgehead atoms. The van der Waals surface area contributed by atoms with E-state index >= 15 is 0 Å². The van der Waals surface area contributed by atoms with Gasteiger partial charge in [-0.25, -0.2) is 0 Å². The maximum absolute atomic E-state index is 5.06. The number of aryl methyl sites for hydroxylation is 2. The van der Waals surface area contributed by atoms with Crippen LogP contribution in [0.3, 0.4) is 0 Å². The number of aromatic nitrogens is 2. The summed E-state index contributed by atoms with van der Waals surface area (Å²) < 4.78 is 5.06. The Labute approximate surface area is 144 Å². The van der Waals surface area contributed by atoms with Crippen LogP contribution in [0.1, 0.15) is 37.0 Å². The first kappa shape index (κ1) is 17.1. The van der Waals surface area contributed by atoms with E-state index in [1.54, 1.807) is 0 Å². The molecule has 1 fully saturated rings. The first-order chi connectivity index (χ1) is 11.6. The molecule has 1 saturated heterocycles. The van der Waals surface area contributed by atoms with Crippen molar-refractivity contribution >= 4 is 0 Å². The van der Waals surface area contributed by atoms with Crippen LogP contribution in [0.5, 0.6) is 0 Å². The number of hydrogen-bond donors (Lipinski definition) is 0. The molecule has 1 aromatic carbocycles. The summed E-state index contributed by atoms with van der Waals surface area (Å²) in [6.45, 7) is 7.25. The van der Waals surface area contributed by atoms with E-state index in [1.807, 2.05) is 6.92 Å². The standard InChI is InChI=1S/C19H28N4O/c1-15(9-10-17-7-5-4-6-8-17)23-12-11-18(13-23)22(3)14-19-20-16(2)24-21-19/h4-8,15,18H,9-14H2,1-3H3/t15-,18+/m0/s1. The van der Waals surface area contributed by atoms with Gasteiger partial charge in [-0.1, -0.05) is 35.5 Å². The topological polar surface area (TPSA) is 45.4 Å². The Balaban J connectivity index is 1.45. The fraction of sp³-hybridized carbons (Fsp3) is 0.579. The van der Waals surface area contributed by atoms with Gasteiger partial charge in [0.1, 0.15) is 0 Å². The molecule has 1 aliphatic rings. The summed E-state index contributed by atoms with van der Waals surface area (Å²) in [5.41, 5.74) is 1.43. The van der Waals surface area contributed by atoms with Crippen molar-refractivity contribution in [2.75, 3.05) is 20.1 Å². The lowest BCUT2D eigenvalue weighted by Gasteiger charge is -2.27. The van der Waals surface area contributed by atoms with Gasteiger partial charge < -0.3 is 4.52 Å². The number of nitrogens with zero attached hydrogens (tertiary/aromatic N) is 4. The molecule has 0 unspecified atom stereocenters. The van der Waals surface area contributed by atoms with Gasteiger partial charge in [0.15, 0.2) is 5.82 Å². The van der Waals surface area contributed by atoms with Crippen molar-refractivity contribution in [1.29, 1.82) is 0 Å².